The molecule has 3 N–H and O–H groups in total. The van der Waals surface area contributed by atoms with Crippen LogP contribution in [0, 0.1) is 6.92 Å². The van der Waals surface area contributed by atoms with Crippen LogP contribution in [-0.4, -0.2) is 31.7 Å². The van der Waals surface area contributed by atoms with Crippen molar-refractivity contribution < 1.29 is 9.53 Å². The maximum atomic E-state index is 11.8. The summed E-state index contributed by atoms with van der Waals surface area (Å²) in [5, 5.41) is 2.91. The normalized spacial score (nSPS) is 13.3. The van der Waals surface area contributed by atoms with E-state index in [2.05, 4.69) is 24.4 Å². The summed E-state index contributed by atoms with van der Waals surface area (Å²) in [7, 11) is 1.49. The molecule has 1 amide bonds. The predicted molar refractivity (Wildman–Crippen MR) is 79.6 cm³/mol. The molecule has 1 aromatic carbocycles. The number of methoxy groups -OCH3 is 1. The number of halogens is 1. The van der Waals surface area contributed by atoms with E-state index in [0.29, 0.717) is 0 Å². The van der Waals surface area contributed by atoms with Crippen LogP contribution in [0.25, 0.3) is 0 Å². The van der Waals surface area contributed by atoms with Gasteiger partial charge in [-0.2, -0.15) is 0 Å². The van der Waals surface area contributed by atoms with E-state index < -0.39 is 6.10 Å². The third-order valence-electron chi connectivity index (χ3n) is 2.97. The van der Waals surface area contributed by atoms with Crippen LogP contribution in [0.5, 0.6) is 0 Å². The molecule has 0 aliphatic heterocycles. The predicted octanol–water partition coefficient (Wildman–Crippen LogP) is 1.44. The van der Waals surface area contributed by atoms with Gasteiger partial charge in [0.25, 0.3) is 5.91 Å². The van der Waals surface area contributed by atoms with Gasteiger partial charge in [0.2, 0.25) is 0 Å². The van der Waals surface area contributed by atoms with Gasteiger partial charge in [0.1, 0.15) is 6.10 Å². The molecule has 4 nitrogen and oxygen atoms in total. The van der Waals surface area contributed by atoms with E-state index in [-0.39, 0.29) is 30.9 Å². The monoisotopic (exact) mass is 286 g/mol. The number of benzene rings is 1. The highest BCUT2D eigenvalue weighted by atomic mass is 35.5. The first kappa shape index (κ1) is 17.9. The molecule has 0 aliphatic rings. The molecule has 1 rings (SSSR count). The van der Waals surface area contributed by atoms with Crippen molar-refractivity contribution in [3.05, 3.63) is 35.4 Å². The van der Waals surface area contributed by atoms with Gasteiger partial charge in [-0.15, -0.1) is 12.4 Å². The van der Waals surface area contributed by atoms with E-state index in [1.165, 1.54) is 18.2 Å². The molecule has 19 heavy (non-hydrogen) atoms. The van der Waals surface area contributed by atoms with Crippen molar-refractivity contribution in [3.8, 4) is 0 Å². The smallest absolute Gasteiger partial charge is 0.250 e. The van der Waals surface area contributed by atoms with Crippen LogP contribution < -0.4 is 11.1 Å². The highest BCUT2D eigenvalue weighted by molar-refractivity contribution is 5.85. The number of hydrogen-bond donors (Lipinski definition) is 2. The topological polar surface area (TPSA) is 64.3 Å². The number of ether oxygens (including phenoxy) is 1. The summed E-state index contributed by atoms with van der Waals surface area (Å²) in [5.74, 6) is -0.152. The lowest BCUT2D eigenvalue weighted by molar-refractivity contribution is -0.131. The Bertz CT molecular complexity index is 395. The summed E-state index contributed by atoms with van der Waals surface area (Å²) < 4.78 is 5.00. The Labute approximate surface area is 121 Å². The van der Waals surface area contributed by atoms with Gasteiger partial charge in [-0.1, -0.05) is 24.3 Å². The molecule has 1 aromatic rings. The number of carbonyl (C=O) groups is 1. The zero-order valence-corrected chi connectivity index (χ0v) is 12.5. The van der Waals surface area contributed by atoms with Gasteiger partial charge in [0.05, 0.1) is 0 Å². The number of nitrogens with two attached hydrogens (primary N) is 1. The maximum Gasteiger partial charge on any atom is 0.250 e. The number of carbonyl (C=O) groups excluding carboxylic acids is 1. The quantitative estimate of drug-likeness (QED) is 0.832. The Kier molecular flexibility index (Phi) is 8.39. The molecule has 0 aromatic heterocycles. The third-order valence-corrected chi connectivity index (χ3v) is 2.97. The van der Waals surface area contributed by atoms with Crippen molar-refractivity contribution in [1.29, 1.82) is 0 Å². The molecule has 5 heteroatoms. The average Bonchev–Trinajstić information content (AvgIpc) is 2.33. The van der Waals surface area contributed by atoms with E-state index >= 15 is 0 Å². The fourth-order valence-electron chi connectivity index (χ4n) is 1.87. The fourth-order valence-corrected chi connectivity index (χ4v) is 1.87. The summed E-state index contributed by atoms with van der Waals surface area (Å²) in [6.07, 6.45) is 0.240. The third kappa shape index (κ3) is 5.59. The lowest BCUT2D eigenvalue weighted by Crippen LogP contribution is -2.45. The van der Waals surface area contributed by atoms with E-state index in [9.17, 15) is 4.79 Å². The summed E-state index contributed by atoms with van der Waals surface area (Å²) in [6.45, 7) is 4.24. The summed E-state index contributed by atoms with van der Waals surface area (Å²) in [5.41, 5.74) is 7.93. The van der Waals surface area contributed by atoms with Crippen molar-refractivity contribution in [2.75, 3.05) is 13.7 Å². The van der Waals surface area contributed by atoms with Crippen LogP contribution in [0.3, 0.4) is 0 Å². The minimum absolute atomic E-state index is 0. The van der Waals surface area contributed by atoms with Crippen molar-refractivity contribution in [3.63, 3.8) is 0 Å². The molecule has 0 aliphatic carbocycles. The van der Waals surface area contributed by atoms with Gasteiger partial charge >= 0.3 is 0 Å². The largest absolute Gasteiger partial charge is 0.370 e. The molecule has 0 saturated heterocycles. The molecule has 0 bridgehead atoms. The second-order valence-electron chi connectivity index (χ2n) is 4.50. The molecule has 2 unspecified atom stereocenters. The Balaban J connectivity index is 0.00000324. The lowest BCUT2D eigenvalue weighted by Gasteiger charge is -2.19. The molecular formula is C14H23ClN2O2. The minimum Gasteiger partial charge on any atom is -0.370 e. The first-order valence-corrected chi connectivity index (χ1v) is 6.16. The van der Waals surface area contributed by atoms with Crippen LogP contribution in [0.15, 0.2) is 24.3 Å². The SMILES string of the molecule is COC(CN)C(=O)NC(C)Cc1ccccc1C.Cl. The first-order chi connectivity index (χ1) is 8.58. The second kappa shape index (κ2) is 8.91. The Hall–Kier alpha value is -1.10. The van der Waals surface area contributed by atoms with Gasteiger partial charge in [-0.05, 0) is 31.4 Å². The number of amides is 1. The molecule has 0 fully saturated rings. The summed E-state index contributed by atoms with van der Waals surface area (Å²) in [4.78, 5) is 11.8. The maximum absolute atomic E-state index is 11.8. The second-order valence-corrected chi connectivity index (χ2v) is 4.50. The highest BCUT2D eigenvalue weighted by Gasteiger charge is 2.17. The van der Waals surface area contributed by atoms with Crippen LogP contribution in [0.1, 0.15) is 18.1 Å². The summed E-state index contributed by atoms with van der Waals surface area (Å²) >= 11 is 0. The van der Waals surface area contributed by atoms with Gasteiger partial charge in [-0.25, -0.2) is 0 Å². The molecule has 0 spiro atoms. The van der Waals surface area contributed by atoms with Crippen LogP contribution in [0.4, 0.5) is 0 Å². The lowest BCUT2D eigenvalue weighted by atomic mass is 10.0. The Morgan fingerprint density at radius 2 is 2.05 bits per heavy atom. The van der Waals surface area contributed by atoms with Gasteiger partial charge in [-0.3, -0.25) is 4.79 Å². The standard InChI is InChI=1S/C14H22N2O2.ClH/c1-10-6-4-5-7-12(10)8-11(2)16-14(17)13(9-15)18-3;/h4-7,11,13H,8-9,15H2,1-3H3,(H,16,17);1H. The van der Waals surface area contributed by atoms with E-state index in [1.54, 1.807) is 0 Å². The number of rotatable bonds is 6. The Morgan fingerprint density at radius 1 is 1.42 bits per heavy atom. The van der Waals surface area contributed by atoms with Gasteiger partial charge < -0.3 is 15.8 Å². The zero-order valence-electron chi connectivity index (χ0n) is 11.7. The van der Waals surface area contributed by atoms with Gasteiger partial charge in [0, 0.05) is 19.7 Å². The van der Waals surface area contributed by atoms with E-state index in [1.807, 2.05) is 19.1 Å². The number of aryl methyl sites for hydroxylation is 1. The van der Waals surface area contributed by atoms with Crippen molar-refractivity contribution in [2.24, 2.45) is 5.73 Å². The number of nitrogens with one attached hydrogen (secondary N) is 1. The number of hydrogen-bond acceptors (Lipinski definition) is 3. The van der Waals surface area contributed by atoms with Crippen molar-refractivity contribution in [1.82, 2.24) is 5.32 Å². The van der Waals surface area contributed by atoms with Crippen molar-refractivity contribution in [2.45, 2.75) is 32.4 Å². The van der Waals surface area contributed by atoms with E-state index in [0.717, 1.165) is 6.42 Å². The van der Waals surface area contributed by atoms with Crippen LogP contribution in [-0.2, 0) is 16.0 Å². The van der Waals surface area contributed by atoms with Crippen molar-refractivity contribution >= 4 is 18.3 Å². The minimum atomic E-state index is -0.565. The van der Waals surface area contributed by atoms with E-state index in [4.69, 9.17) is 10.5 Å². The van der Waals surface area contributed by atoms with Crippen LogP contribution in [0.2, 0.25) is 0 Å². The molecular weight excluding hydrogens is 264 g/mol. The van der Waals surface area contributed by atoms with Crippen LogP contribution >= 0.6 is 12.4 Å². The zero-order chi connectivity index (χ0) is 13.5. The molecule has 108 valence electrons. The molecule has 0 saturated carbocycles. The molecule has 2 atom stereocenters. The summed E-state index contributed by atoms with van der Waals surface area (Å²) in [6, 6.07) is 8.23. The highest BCUT2D eigenvalue weighted by Crippen LogP contribution is 2.09. The average molecular weight is 287 g/mol. The first-order valence-electron chi connectivity index (χ1n) is 6.16. The molecule has 0 radical (unpaired) electrons. The van der Waals surface area contributed by atoms with Gasteiger partial charge in [0.15, 0.2) is 0 Å². The molecule has 0 heterocycles. The Morgan fingerprint density at radius 3 is 2.58 bits per heavy atom. The fraction of sp³-hybridized carbons (Fsp3) is 0.500.